The Balaban J connectivity index is 1.76. The van der Waals surface area contributed by atoms with Gasteiger partial charge < -0.3 is 29.4 Å². The Morgan fingerprint density at radius 1 is 1.27 bits per heavy atom. The summed E-state index contributed by atoms with van der Waals surface area (Å²) in [5.41, 5.74) is 0. The van der Waals surface area contributed by atoms with Gasteiger partial charge in [-0.15, -0.1) is 0 Å². The standard InChI is InChI=1S/C15H25NO6/c1-9(17)16-10-11(18)13-14(12(10)20-8-19-2)22-15(21-13)6-4-3-5-7-15/h10-14,18H,3-8H2,1-2H3,(H,16,17)/t10-,11+,12-,13+,14-/m0/s1. The van der Waals surface area contributed by atoms with Crippen LogP contribution in [0.15, 0.2) is 0 Å². The van der Waals surface area contributed by atoms with Gasteiger partial charge in [-0.2, -0.15) is 0 Å². The van der Waals surface area contributed by atoms with Gasteiger partial charge in [0.2, 0.25) is 5.91 Å². The largest absolute Gasteiger partial charge is 0.388 e. The quantitative estimate of drug-likeness (QED) is 0.726. The zero-order valence-electron chi connectivity index (χ0n) is 13.1. The zero-order chi connectivity index (χ0) is 15.7. The van der Waals surface area contributed by atoms with E-state index in [1.54, 1.807) is 0 Å². The number of methoxy groups -OCH3 is 1. The van der Waals surface area contributed by atoms with Crippen molar-refractivity contribution in [3.63, 3.8) is 0 Å². The van der Waals surface area contributed by atoms with Crippen LogP contribution in [0.3, 0.4) is 0 Å². The van der Waals surface area contributed by atoms with Crippen LogP contribution in [0.5, 0.6) is 0 Å². The summed E-state index contributed by atoms with van der Waals surface area (Å²) < 4.78 is 22.9. The summed E-state index contributed by atoms with van der Waals surface area (Å²) in [6, 6.07) is -0.552. The third-order valence-electron chi connectivity index (χ3n) is 4.77. The SMILES string of the molecule is COCO[C@H]1[C@@H](NC(C)=O)[C@@H](O)[C@H]2OC3(CCCCC3)O[C@H]21. The van der Waals surface area contributed by atoms with Crippen LogP contribution in [0.2, 0.25) is 0 Å². The second kappa shape index (κ2) is 6.41. The van der Waals surface area contributed by atoms with Gasteiger partial charge in [-0.05, 0) is 12.8 Å². The lowest BCUT2D eigenvalue weighted by atomic mass is 9.94. The van der Waals surface area contributed by atoms with E-state index in [-0.39, 0.29) is 18.8 Å². The first-order chi connectivity index (χ1) is 10.6. The van der Waals surface area contributed by atoms with Gasteiger partial charge in [-0.25, -0.2) is 0 Å². The van der Waals surface area contributed by atoms with E-state index < -0.39 is 30.1 Å². The van der Waals surface area contributed by atoms with Gasteiger partial charge in [0.1, 0.15) is 31.2 Å². The minimum atomic E-state index is -0.850. The molecular weight excluding hydrogens is 290 g/mol. The van der Waals surface area contributed by atoms with Crippen LogP contribution in [0.4, 0.5) is 0 Å². The van der Waals surface area contributed by atoms with Crippen molar-refractivity contribution < 1.29 is 28.8 Å². The predicted molar refractivity (Wildman–Crippen MR) is 75.9 cm³/mol. The highest BCUT2D eigenvalue weighted by molar-refractivity contribution is 5.73. The molecule has 0 unspecified atom stereocenters. The molecule has 0 bridgehead atoms. The van der Waals surface area contributed by atoms with E-state index in [1.165, 1.54) is 20.5 Å². The second-order valence-corrected chi connectivity index (χ2v) is 6.39. The maximum atomic E-state index is 11.4. The first-order valence-electron chi connectivity index (χ1n) is 7.98. The van der Waals surface area contributed by atoms with Crippen molar-refractivity contribution in [2.24, 2.45) is 0 Å². The fourth-order valence-corrected chi connectivity index (χ4v) is 3.85. The Labute approximate surface area is 130 Å². The van der Waals surface area contributed by atoms with Gasteiger partial charge in [0.15, 0.2) is 5.79 Å². The fourth-order valence-electron chi connectivity index (χ4n) is 3.85. The average Bonchev–Trinajstić information content (AvgIpc) is 2.94. The van der Waals surface area contributed by atoms with Crippen LogP contribution in [0, 0.1) is 0 Å². The van der Waals surface area contributed by atoms with Gasteiger partial charge in [0.05, 0.1) is 6.04 Å². The highest BCUT2D eigenvalue weighted by atomic mass is 16.8. The first-order valence-corrected chi connectivity index (χ1v) is 7.98. The summed E-state index contributed by atoms with van der Waals surface area (Å²) in [4.78, 5) is 11.4. The minimum absolute atomic E-state index is 0.0764. The number of ether oxygens (including phenoxy) is 4. The van der Waals surface area contributed by atoms with Crippen molar-refractivity contribution >= 4 is 5.91 Å². The third kappa shape index (κ3) is 2.88. The monoisotopic (exact) mass is 315 g/mol. The molecule has 1 heterocycles. The molecule has 3 rings (SSSR count). The highest BCUT2D eigenvalue weighted by Crippen LogP contribution is 2.46. The molecule has 1 aliphatic heterocycles. The lowest BCUT2D eigenvalue weighted by Gasteiger charge is -2.35. The lowest BCUT2D eigenvalue weighted by molar-refractivity contribution is -0.223. The van der Waals surface area contributed by atoms with Crippen LogP contribution in [-0.2, 0) is 23.7 Å². The molecule has 3 fully saturated rings. The number of nitrogens with one attached hydrogen (secondary N) is 1. The number of rotatable bonds is 4. The van der Waals surface area contributed by atoms with Crippen LogP contribution in [0.25, 0.3) is 0 Å². The third-order valence-corrected chi connectivity index (χ3v) is 4.77. The van der Waals surface area contributed by atoms with Crippen LogP contribution in [-0.4, -0.2) is 61.2 Å². The molecule has 1 spiro atoms. The summed E-state index contributed by atoms with van der Waals surface area (Å²) in [5.74, 6) is -0.813. The van der Waals surface area contributed by atoms with E-state index in [2.05, 4.69) is 5.32 Å². The van der Waals surface area contributed by atoms with Crippen LogP contribution in [0.1, 0.15) is 39.0 Å². The number of hydrogen-bond acceptors (Lipinski definition) is 6. The summed E-state index contributed by atoms with van der Waals surface area (Å²) in [5, 5.41) is 13.3. The molecule has 1 amide bonds. The lowest BCUT2D eigenvalue weighted by Crippen LogP contribution is -2.51. The summed E-state index contributed by atoms with van der Waals surface area (Å²) in [6.45, 7) is 1.49. The number of aliphatic hydroxyl groups excluding tert-OH is 1. The molecule has 3 aliphatic rings. The number of aliphatic hydroxyl groups is 1. The molecule has 7 heteroatoms. The minimum Gasteiger partial charge on any atom is -0.388 e. The Hall–Kier alpha value is -0.730. The van der Waals surface area contributed by atoms with E-state index in [0.29, 0.717) is 0 Å². The normalized spacial score (nSPS) is 39.9. The van der Waals surface area contributed by atoms with Gasteiger partial charge in [0.25, 0.3) is 0 Å². The van der Waals surface area contributed by atoms with Crippen molar-refractivity contribution in [3.8, 4) is 0 Å². The van der Waals surface area contributed by atoms with Gasteiger partial charge in [-0.1, -0.05) is 6.42 Å². The topological polar surface area (TPSA) is 86.3 Å². The molecule has 22 heavy (non-hydrogen) atoms. The maximum Gasteiger partial charge on any atom is 0.217 e. The number of carbonyl (C=O) groups is 1. The van der Waals surface area contributed by atoms with E-state index in [9.17, 15) is 9.90 Å². The van der Waals surface area contributed by atoms with E-state index in [0.717, 1.165) is 25.7 Å². The molecule has 1 saturated heterocycles. The molecule has 0 aromatic heterocycles. The Kier molecular flexibility index (Phi) is 4.70. The van der Waals surface area contributed by atoms with Crippen LogP contribution >= 0.6 is 0 Å². The average molecular weight is 315 g/mol. The Bertz CT molecular complexity index is 411. The molecule has 2 N–H and O–H groups in total. The smallest absolute Gasteiger partial charge is 0.217 e. The van der Waals surface area contributed by atoms with Crippen molar-refractivity contribution in [3.05, 3.63) is 0 Å². The van der Waals surface area contributed by atoms with Crippen molar-refractivity contribution in [2.45, 2.75) is 75.3 Å². The Morgan fingerprint density at radius 2 is 1.95 bits per heavy atom. The fraction of sp³-hybridized carbons (Fsp3) is 0.933. The predicted octanol–water partition coefficient (Wildman–Crippen LogP) is 0.299. The molecule has 7 nitrogen and oxygen atoms in total. The van der Waals surface area contributed by atoms with Crippen molar-refractivity contribution in [1.29, 1.82) is 0 Å². The molecule has 126 valence electrons. The molecule has 0 aromatic rings. The maximum absolute atomic E-state index is 11.4. The van der Waals surface area contributed by atoms with Gasteiger partial charge in [-0.3, -0.25) is 4.79 Å². The van der Waals surface area contributed by atoms with E-state index in [4.69, 9.17) is 18.9 Å². The van der Waals surface area contributed by atoms with Crippen LogP contribution < -0.4 is 5.32 Å². The van der Waals surface area contributed by atoms with E-state index >= 15 is 0 Å². The summed E-state index contributed by atoms with van der Waals surface area (Å²) >= 11 is 0. The molecule has 0 aromatic carbocycles. The number of hydrogen-bond donors (Lipinski definition) is 2. The number of amides is 1. The molecular formula is C15H25NO6. The Morgan fingerprint density at radius 3 is 2.59 bits per heavy atom. The van der Waals surface area contributed by atoms with Gasteiger partial charge >= 0.3 is 0 Å². The summed E-state index contributed by atoms with van der Waals surface area (Å²) in [6.07, 6.45) is 2.80. The number of fused-ring (bicyclic) bond motifs is 1. The van der Waals surface area contributed by atoms with Crippen molar-refractivity contribution in [2.75, 3.05) is 13.9 Å². The van der Waals surface area contributed by atoms with Crippen molar-refractivity contribution in [1.82, 2.24) is 5.32 Å². The first kappa shape index (κ1) is 16.1. The number of carbonyl (C=O) groups excluding carboxylic acids is 1. The molecule has 5 atom stereocenters. The van der Waals surface area contributed by atoms with E-state index in [1.807, 2.05) is 0 Å². The van der Waals surface area contributed by atoms with Gasteiger partial charge in [0, 0.05) is 26.9 Å². The molecule has 0 radical (unpaired) electrons. The summed E-state index contributed by atoms with van der Waals surface area (Å²) in [7, 11) is 1.53. The highest BCUT2D eigenvalue weighted by Gasteiger charge is 2.61. The second-order valence-electron chi connectivity index (χ2n) is 6.39. The molecule has 2 saturated carbocycles. The zero-order valence-corrected chi connectivity index (χ0v) is 13.1. The molecule has 2 aliphatic carbocycles.